The van der Waals surface area contributed by atoms with Crippen molar-refractivity contribution in [2.75, 3.05) is 0 Å². The summed E-state index contributed by atoms with van der Waals surface area (Å²) in [5.74, 6) is 0.734. The normalized spacial score (nSPS) is 13.3. The monoisotopic (exact) mass is 317 g/mol. The summed E-state index contributed by atoms with van der Waals surface area (Å²) >= 11 is 0. The molecule has 1 unspecified atom stereocenters. The maximum absolute atomic E-state index is 10.4. The van der Waals surface area contributed by atoms with Crippen molar-refractivity contribution in [3.63, 3.8) is 0 Å². The van der Waals surface area contributed by atoms with E-state index in [4.69, 9.17) is 0 Å². The number of aliphatic hydroxyl groups excluding tert-OH is 1. The van der Waals surface area contributed by atoms with Gasteiger partial charge < -0.3 is 10.2 Å². The first kappa shape index (κ1) is 17.5. The molecule has 2 rings (SSSR count). The number of hydrogen-bond acceptors (Lipinski definition) is 4. The van der Waals surface area contributed by atoms with E-state index < -0.39 is 0 Å². The van der Waals surface area contributed by atoms with Crippen LogP contribution in [0.1, 0.15) is 50.0 Å². The molecule has 1 atom stereocenters. The van der Waals surface area contributed by atoms with Gasteiger partial charge in [-0.15, -0.1) is 0 Å². The third-order valence-corrected chi connectivity index (χ3v) is 4.08. The molecule has 0 bridgehead atoms. The molecule has 0 aliphatic carbocycles. The fourth-order valence-corrected chi connectivity index (χ4v) is 3.14. The fraction of sp³-hybridized carbons (Fsp3) is 0.556. The van der Waals surface area contributed by atoms with Gasteiger partial charge in [-0.1, -0.05) is 13.8 Å². The Balaban J connectivity index is 2.45. The van der Waals surface area contributed by atoms with Gasteiger partial charge in [0.25, 0.3) is 0 Å². The van der Waals surface area contributed by atoms with Crippen LogP contribution in [0.2, 0.25) is 0 Å². The lowest BCUT2D eigenvalue weighted by atomic mass is 9.82. The first-order valence-electron chi connectivity index (χ1n) is 8.00. The summed E-state index contributed by atoms with van der Waals surface area (Å²) in [6.45, 7) is 11.7. The van der Waals surface area contributed by atoms with E-state index in [9.17, 15) is 10.2 Å². The molecule has 2 aromatic heterocycles. The molecule has 0 fully saturated rings. The van der Waals surface area contributed by atoms with Crippen LogP contribution in [-0.2, 0) is 6.42 Å². The summed E-state index contributed by atoms with van der Waals surface area (Å²) in [6.07, 6.45) is 0.842. The van der Waals surface area contributed by atoms with Gasteiger partial charge >= 0.3 is 0 Å². The van der Waals surface area contributed by atoms with E-state index in [-0.39, 0.29) is 17.3 Å². The number of aromatic hydroxyl groups is 1. The van der Waals surface area contributed by atoms with Crippen LogP contribution in [0.5, 0.6) is 5.75 Å². The summed E-state index contributed by atoms with van der Waals surface area (Å²) in [4.78, 5) is 9.05. The van der Waals surface area contributed by atoms with E-state index in [1.807, 2.05) is 30.5 Å². The molecule has 0 aliphatic rings. The van der Waals surface area contributed by atoms with Crippen LogP contribution in [-0.4, -0.2) is 30.9 Å². The van der Waals surface area contributed by atoms with Gasteiger partial charge in [0, 0.05) is 11.4 Å². The molecule has 2 N–H and O–H groups in total. The van der Waals surface area contributed by atoms with E-state index in [0.717, 1.165) is 11.4 Å². The van der Waals surface area contributed by atoms with Crippen molar-refractivity contribution in [2.45, 2.75) is 60.5 Å². The highest BCUT2D eigenvalue weighted by atomic mass is 16.3. The molecule has 0 aliphatic heterocycles. The standard InChI is InChI=1S/C18H27N3O2/c1-11-7-8-12(2)21(11)17-19-14(4)16(23)15(20-17)10-18(5,6)9-13(3)22/h7-8,13,22-23H,9-10H2,1-6H3. The van der Waals surface area contributed by atoms with Crippen LogP contribution in [0.25, 0.3) is 5.95 Å². The quantitative estimate of drug-likeness (QED) is 0.888. The Labute approximate surface area is 138 Å². The molecule has 23 heavy (non-hydrogen) atoms. The average Bonchev–Trinajstić information content (AvgIpc) is 2.72. The largest absolute Gasteiger partial charge is 0.504 e. The van der Waals surface area contributed by atoms with E-state index >= 15 is 0 Å². The highest BCUT2D eigenvalue weighted by Gasteiger charge is 2.25. The molecule has 0 aromatic carbocycles. The minimum atomic E-state index is -0.386. The second-order valence-electron chi connectivity index (χ2n) is 7.25. The Bertz CT molecular complexity index is 683. The van der Waals surface area contributed by atoms with Crippen molar-refractivity contribution >= 4 is 0 Å². The number of rotatable bonds is 5. The van der Waals surface area contributed by atoms with E-state index in [2.05, 4.69) is 23.8 Å². The number of aryl methyl sites for hydroxylation is 3. The Morgan fingerprint density at radius 3 is 2.22 bits per heavy atom. The van der Waals surface area contributed by atoms with Crippen molar-refractivity contribution in [1.29, 1.82) is 0 Å². The summed E-state index contributed by atoms with van der Waals surface area (Å²) in [5.41, 5.74) is 3.16. The van der Waals surface area contributed by atoms with E-state index in [0.29, 0.717) is 30.2 Å². The number of hydrogen-bond donors (Lipinski definition) is 2. The van der Waals surface area contributed by atoms with Crippen molar-refractivity contribution in [3.8, 4) is 11.7 Å². The second-order valence-corrected chi connectivity index (χ2v) is 7.25. The average molecular weight is 317 g/mol. The lowest BCUT2D eigenvalue weighted by Crippen LogP contribution is -2.22. The zero-order valence-electron chi connectivity index (χ0n) is 14.9. The predicted octanol–water partition coefficient (Wildman–Crippen LogP) is 3.24. The smallest absolute Gasteiger partial charge is 0.234 e. The number of aromatic nitrogens is 3. The molecule has 126 valence electrons. The highest BCUT2D eigenvalue weighted by molar-refractivity contribution is 5.36. The maximum atomic E-state index is 10.4. The molecule has 0 saturated heterocycles. The number of aliphatic hydroxyl groups is 1. The van der Waals surface area contributed by atoms with Gasteiger partial charge in [0.1, 0.15) is 0 Å². The molecule has 5 nitrogen and oxygen atoms in total. The molecule has 0 amide bonds. The van der Waals surface area contributed by atoms with E-state index in [1.54, 1.807) is 13.8 Å². The Kier molecular flexibility index (Phi) is 4.80. The van der Waals surface area contributed by atoms with Gasteiger partial charge in [0.15, 0.2) is 5.75 Å². The van der Waals surface area contributed by atoms with Crippen LogP contribution in [0.3, 0.4) is 0 Å². The van der Waals surface area contributed by atoms with Crippen LogP contribution < -0.4 is 0 Å². The lowest BCUT2D eigenvalue weighted by molar-refractivity contribution is 0.128. The summed E-state index contributed by atoms with van der Waals surface area (Å²) < 4.78 is 1.98. The van der Waals surface area contributed by atoms with Gasteiger partial charge in [-0.3, -0.25) is 4.57 Å². The predicted molar refractivity (Wildman–Crippen MR) is 91.0 cm³/mol. The van der Waals surface area contributed by atoms with Crippen LogP contribution >= 0.6 is 0 Å². The Hall–Kier alpha value is -1.88. The fourth-order valence-electron chi connectivity index (χ4n) is 3.14. The molecule has 0 radical (unpaired) electrons. The Morgan fingerprint density at radius 1 is 1.13 bits per heavy atom. The highest BCUT2D eigenvalue weighted by Crippen LogP contribution is 2.32. The van der Waals surface area contributed by atoms with Crippen molar-refractivity contribution in [2.24, 2.45) is 5.41 Å². The molecule has 5 heteroatoms. The zero-order chi connectivity index (χ0) is 17.4. The third kappa shape index (κ3) is 3.91. The van der Waals surface area contributed by atoms with E-state index in [1.165, 1.54) is 0 Å². The SMILES string of the molecule is Cc1nc(-n2c(C)ccc2C)nc(CC(C)(C)CC(C)O)c1O. The van der Waals surface area contributed by atoms with Crippen LogP contribution in [0, 0.1) is 26.2 Å². The van der Waals surface area contributed by atoms with Crippen LogP contribution in [0.15, 0.2) is 12.1 Å². The molecule has 2 aromatic rings. The zero-order valence-corrected chi connectivity index (χ0v) is 14.9. The van der Waals surface area contributed by atoms with Crippen LogP contribution in [0.4, 0.5) is 0 Å². The van der Waals surface area contributed by atoms with Gasteiger partial charge in [0.05, 0.1) is 17.5 Å². The molecule has 0 saturated carbocycles. The topological polar surface area (TPSA) is 71.2 Å². The van der Waals surface area contributed by atoms with Gasteiger partial charge in [-0.25, -0.2) is 9.97 Å². The van der Waals surface area contributed by atoms with Crippen molar-refractivity contribution in [1.82, 2.24) is 14.5 Å². The van der Waals surface area contributed by atoms with Gasteiger partial charge in [-0.2, -0.15) is 0 Å². The molecular weight excluding hydrogens is 290 g/mol. The van der Waals surface area contributed by atoms with Gasteiger partial charge in [0.2, 0.25) is 5.95 Å². The number of nitrogens with zero attached hydrogens (tertiary/aromatic N) is 3. The summed E-state index contributed by atoms with van der Waals surface area (Å²) in [6, 6.07) is 4.05. The minimum Gasteiger partial charge on any atom is -0.504 e. The maximum Gasteiger partial charge on any atom is 0.234 e. The molecule has 2 heterocycles. The third-order valence-electron chi connectivity index (χ3n) is 4.08. The minimum absolute atomic E-state index is 0.148. The Morgan fingerprint density at radius 2 is 1.70 bits per heavy atom. The molecular formula is C18H27N3O2. The lowest BCUT2D eigenvalue weighted by Gasteiger charge is -2.26. The van der Waals surface area contributed by atoms with Crippen molar-refractivity contribution in [3.05, 3.63) is 34.9 Å². The molecule has 0 spiro atoms. The van der Waals surface area contributed by atoms with Gasteiger partial charge in [-0.05, 0) is 58.1 Å². The first-order valence-corrected chi connectivity index (χ1v) is 8.00. The van der Waals surface area contributed by atoms with Crippen molar-refractivity contribution < 1.29 is 10.2 Å². The second kappa shape index (κ2) is 6.32. The first-order chi connectivity index (χ1) is 10.6. The summed E-state index contributed by atoms with van der Waals surface area (Å²) in [7, 11) is 0. The summed E-state index contributed by atoms with van der Waals surface area (Å²) in [5, 5.41) is 20.0.